The number of rotatable bonds is 1. The van der Waals surface area contributed by atoms with Gasteiger partial charge in [-0.05, 0) is 6.07 Å². The Hall–Kier alpha value is -1.82. The molecule has 4 nitrogen and oxygen atoms in total. The molecule has 0 bridgehead atoms. The maximum atomic E-state index is 13.5. The van der Waals surface area contributed by atoms with Gasteiger partial charge in [0.2, 0.25) is 0 Å². The van der Waals surface area contributed by atoms with Crippen LogP contribution in [-0.2, 0) is 0 Å². The van der Waals surface area contributed by atoms with Crippen molar-refractivity contribution in [1.82, 2.24) is 10.2 Å². The molecule has 1 heterocycles. The van der Waals surface area contributed by atoms with E-state index in [0.29, 0.717) is 6.07 Å². The summed E-state index contributed by atoms with van der Waals surface area (Å²) in [5.74, 6) is -2.96. The zero-order valence-corrected chi connectivity index (χ0v) is 8.52. The van der Waals surface area contributed by atoms with Crippen molar-refractivity contribution in [2.75, 3.05) is 5.73 Å². The van der Waals surface area contributed by atoms with Crippen molar-refractivity contribution in [2.45, 2.75) is 0 Å². The molecule has 0 saturated heterocycles. The molecule has 0 unspecified atom stereocenters. The Kier molecular flexibility index (Phi) is 2.43. The van der Waals surface area contributed by atoms with Crippen molar-refractivity contribution in [1.29, 1.82) is 0 Å². The molecule has 1 aromatic heterocycles. The van der Waals surface area contributed by atoms with Crippen LogP contribution in [0.5, 0.6) is 5.75 Å². The van der Waals surface area contributed by atoms with E-state index >= 15 is 0 Å². The van der Waals surface area contributed by atoms with E-state index in [-0.39, 0.29) is 16.4 Å². The van der Waals surface area contributed by atoms with Crippen molar-refractivity contribution in [3.63, 3.8) is 0 Å². The Morgan fingerprint density at radius 1 is 1.44 bits per heavy atom. The van der Waals surface area contributed by atoms with E-state index in [0.717, 1.165) is 0 Å². The first kappa shape index (κ1) is 10.7. The summed E-state index contributed by atoms with van der Waals surface area (Å²) in [6.07, 6.45) is 1.17. The maximum absolute atomic E-state index is 13.5. The molecule has 0 aliphatic heterocycles. The standard InChI is InChI=1S/C9H6ClF2N3O/c10-4-1-5(11)7(12)6(8(4)16)3-2-14-15-9(3)13/h1-2,16H,(H3,13,14,15). The number of phenols is 1. The Morgan fingerprint density at radius 2 is 2.12 bits per heavy atom. The lowest BCUT2D eigenvalue weighted by Gasteiger charge is -2.07. The number of halogens is 3. The predicted octanol–water partition coefficient (Wildman–Crippen LogP) is 2.30. The number of phenolic OH excluding ortho intramolecular Hbond substituents is 1. The highest BCUT2D eigenvalue weighted by Gasteiger charge is 2.21. The zero-order chi connectivity index (χ0) is 11.9. The lowest BCUT2D eigenvalue weighted by molar-refractivity contribution is 0.459. The largest absolute Gasteiger partial charge is 0.506 e. The summed E-state index contributed by atoms with van der Waals surface area (Å²) in [7, 11) is 0. The second-order valence-corrected chi connectivity index (χ2v) is 3.48. The summed E-state index contributed by atoms with van der Waals surface area (Å²) >= 11 is 5.53. The number of anilines is 1. The quantitative estimate of drug-likeness (QED) is 0.675. The Balaban J connectivity index is 2.79. The SMILES string of the molecule is Nc1[nH]ncc1-c1c(O)c(Cl)cc(F)c1F. The highest BCUT2D eigenvalue weighted by Crippen LogP contribution is 2.40. The van der Waals surface area contributed by atoms with Gasteiger partial charge in [-0.15, -0.1) is 0 Å². The van der Waals surface area contributed by atoms with Gasteiger partial charge in [-0.1, -0.05) is 11.6 Å². The molecule has 84 valence electrons. The lowest BCUT2D eigenvalue weighted by atomic mass is 10.1. The molecule has 0 radical (unpaired) electrons. The molecule has 4 N–H and O–H groups in total. The average molecular weight is 246 g/mol. The molecule has 0 fully saturated rings. The zero-order valence-electron chi connectivity index (χ0n) is 7.76. The number of nitrogens with zero attached hydrogens (tertiary/aromatic N) is 1. The smallest absolute Gasteiger partial charge is 0.170 e. The minimum absolute atomic E-state index is 0.0101. The summed E-state index contributed by atoms with van der Waals surface area (Å²) < 4.78 is 26.6. The summed E-state index contributed by atoms with van der Waals surface area (Å²) in [4.78, 5) is 0. The van der Waals surface area contributed by atoms with Crippen molar-refractivity contribution >= 4 is 17.4 Å². The van der Waals surface area contributed by atoms with Gasteiger partial charge in [-0.25, -0.2) is 8.78 Å². The molecule has 7 heteroatoms. The van der Waals surface area contributed by atoms with Gasteiger partial charge in [0, 0.05) is 0 Å². The number of benzene rings is 1. The van der Waals surface area contributed by atoms with Crippen LogP contribution in [0.25, 0.3) is 11.1 Å². The summed E-state index contributed by atoms with van der Waals surface area (Å²) in [5, 5.41) is 15.2. The molecular formula is C9H6ClF2N3O. The van der Waals surface area contributed by atoms with Crippen LogP contribution in [-0.4, -0.2) is 15.3 Å². The van der Waals surface area contributed by atoms with Gasteiger partial charge in [0.1, 0.15) is 11.6 Å². The van der Waals surface area contributed by atoms with Crippen LogP contribution in [0.15, 0.2) is 12.3 Å². The second kappa shape index (κ2) is 3.64. The number of hydrogen-bond donors (Lipinski definition) is 3. The van der Waals surface area contributed by atoms with E-state index < -0.39 is 22.9 Å². The number of H-pyrrole nitrogens is 1. The van der Waals surface area contributed by atoms with E-state index in [1.807, 2.05) is 0 Å². The molecule has 16 heavy (non-hydrogen) atoms. The van der Waals surface area contributed by atoms with Crippen LogP contribution in [0.2, 0.25) is 5.02 Å². The number of aromatic amines is 1. The van der Waals surface area contributed by atoms with Crippen LogP contribution < -0.4 is 5.73 Å². The fourth-order valence-electron chi connectivity index (χ4n) is 1.33. The van der Waals surface area contributed by atoms with Crippen LogP contribution in [0, 0.1) is 11.6 Å². The number of hydrogen-bond acceptors (Lipinski definition) is 3. The Labute approximate surface area is 93.7 Å². The number of nitrogens with two attached hydrogens (primary N) is 1. The van der Waals surface area contributed by atoms with Gasteiger partial charge in [-0.2, -0.15) is 5.10 Å². The second-order valence-electron chi connectivity index (χ2n) is 3.08. The van der Waals surface area contributed by atoms with E-state index in [4.69, 9.17) is 17.3 Å². The number of aromatic hydroxyl groups is 1. The van der Waals surface area contributed by atoms with Crippen LogP contribution in [0.1, 0.15) is 0 Å². The molecule has 0 saturated carbocycles. The van der Waals surface area contributed by atoms with E-state index in [2.05, 4.69) is 10.2 Å². The van der Waals surface area contributed by atoms with Crippen molar-refractivity contribution < 1.29 is 13.9 Å². The number of nitrogen functional groups attached to an aromatic ring is 1. The molecule has 0 aliphatic rings. The van der Waals surface area contributed by atoms with Gasteiger partial charge >= 0.3 is 0 Å². The van der Waals surface area contributed by atoms with Crippen LogP contribution in [0.3, 0.4) is 0 Å². The van der Waals surface area contributed by atoms with Gasteiger partial charge < -0.3 is 10.8 Å². The molecule has 2 rings (SSSR count). The van der Waals surface area contributed by atoms with Gasteiger partial charge in [0.15, 0.2) is 11.6 Å². The summed E-state index contributed by atoms with van der Waals surface area (Å²) in [6.45, 7) is 0. The third kappa shape index (κ3) is 1.47. The number of aromatic nitrogens is 2. The Morgan fingerprint density at radius 3 is 2.69 bits per heavy atom. The first-order valence-electron chi connectivity index (χ1n) is 4.18. The average Bonchev–Trinajstić information content (AvgIpc) is 2.63. The molecule has 0 aliphatic carbocycles. The predicted molar refractivity (Wildman–Crippen MR) is 55.0 cm³/mol. The van der Waals surface area contributed by atoms with Gasteiger partial charge in [-0.3, -0.25) is 5.10 Å². The first-order chi connectivity index (χ1) is 7.52. The van der Waals surface area contributed by atoms with Crippen molar-refractivity contribution in [3.05, 3.63) is 28.9 Å². The van der Waals surface area contributed by atoms with Gasteiger partial charge in [0.25, 0.3) is 0 Å². The molecule has 0 spiro atoms. The monoisotopic (exact) mass is 245 g/mol. The number of nitrogens with one attached hydrogen (secondary N) is 1. The topological polar surface area (TPSA) is 74.9 Å². The maximum Gasteiger partial charge on any atom is 0.170 e. The summed E-state index contributed by atoms with van der Waals surface area (Å²) in [6, 6.07) is 0.687. The van der Waals surface area contributed by atoms with Crippen molar-refractivity contribution in [3.8, 4) is 16.9 Å². The molecule has 2 aromatic rings. The molecular weight excluding hydrogens is 240 g/mol. The van der Waals surface area contributed by atoms with Crippen LogP contribution >= 0.6 is 11.6 Å². The molecule has 1 aromatic carbocycles. The highest BCUT2D eigenvalue weighted by atomic mass is 35.5. The fraction of sp³-hybridized carbons (Fsp3) is 0. The fourth-order valence-corrected chi connectivity index (χ4v) is 1.52. The normalized spacial score (nSPS) is 10.7. The molecule has 0 atom stereocenters. The third-order valence-electron chi connectivity index (χ3n) is 2.08. The first-order valence-corrected chi connectivity index (χ1v) is 4.56. The third-order valence-corrected chi connectivity index (χ3v) is 2.37. The van der Waals surface area contributed by atoms with E-state index in [9.17, 15) is 13.9 Å². The van der Waals surface area contributed by atoms with E-state index in [1.165, 1.54) is 6.20 Å². The summed E-state index contributed by atoms with van der Waals surface area (Å²) in [5.41, 5.74) is 5.10. The highest BCUT2D eigenvalue weighted by molar-refractivity contribution is 6.32. The van der Waals surface area contributed by atoms with E-state index in [1.54, 1.807) is 0 Å². The Bertz CT molecular complexity index is 530. The van der Waals surface area contributed by atoms with Gasteiger partial charge in [0.05, 0.1) is 22.3 Å². The van der Waals surface area contributed by atoms with Crippen LogP contribution in [0.4, 0.5) is 14.6 Å². The lowest BCUT2D eigenvalue weighted by Crippen LogP contribution is -1.94. The molecule has 0 amide bonds. The minimum atomic E-state index is -1.23. The minimum Gasteiger partial charge on any atom is -0.506 e. The van der Waals surface area contributed by atoms with Crippen molar-refractivity contribution in [2.24, 2.45) is 0 Å².